The van der Waals surface area contributed by atoms with Crippen LogP contribution in [0.25, 0.3) is 5.69 Å². The number of carbonyl (C=O) groups is 2. The zero-order valence-corrected chi connectivity index (χ0v) is 17.9. The van der Waals surface area contributed by atoms with Gasteiger partial charge in [0, 0.05) is 35.2 Å². The van der Waals surface area contributed by atoms with Crippen LogP contribution in [0.4, 0.5) is 0 Å². The molecule has 0 spiro atoms. The average molecular weight is 386 g/mol. The van der Waals surface area contributed by atoms with Crippen molar-refractivity contribution in [3.8, 4) is 11.4 Å². The number of carboxylic acid groups (broad SMARTS) is 1. The van der Waals surface area contributed by atoms with Gasteiger partial charge in [-0.15, -0.1) is 0 Å². The first-order valence-electron chi connectivity index (χ1n) is 8.61. The van der Waals surface area contributed by atoms with E-state index in [1.165, 1.54) is 0 Å². The first-order valence-corrected chi connectivity index (χ1v) is 8.61. The Hall–Kier alpha value is -2.41. The third kappa shape index (κ3) is 5.55. The maximum atomic E-state index is 12.7. The van der Waals surface area contributed by atoms with Gasteiger partial charge in [0.25, 0.3) is 0 Å². The van der Waals surface area contributed by atoms with E-state index in [4.69, 9.17) is 4.74 Å². The minimum atomic E-state index is -1.09. The number of ketones is 1. The van der Waals surface area contributed by atoms with E-state index in [1.54, 1.807) is 42.9 Å². The zero-order valence-electron chi connectivity index (χ0n) is 15.9. The maximum absolute atomic E-state index is 12.7. The molecule has 0 saturated heterocycles. The largest absolute Gasteiger partial charge is 1.00 e. The molecule has 7 heteroatoms. The summed E-state index contributed by atoms with van der Waals surface area (Å²) in [6.07, 6.45) is 5.58. The van der Waals surface area contributed by atoms with Crippen molar-refractivity contribution in [3.63, 3.8) is 0 Å². The van der Waals surface area contributed by atoms with E-state index >= 15 is 0 Å². The second-order valence-electron chi connectivity index (χ2n) is 6.15. The summed E-state index contributed by atoms with van der Waals surface area (Å²) in [5.41, 5.74) is 2.93. The molecule has 138 valence electrons. The normalized spacial score (nSPS) is 10.2. The van der Waals surface area contributed by atoms with Crippen LogP contribution in [-0.2, 0) is 4.79 Å². The van der Waals surface area contributed by atoms with Crippen LogP contribution in [0.3, 0.4) is 0 Å². The number of ether oxygens (including phenoxy) is 1. The minimum absolute atomic E-state index is 0. The van der Waals surface area contributed by atoms with Gasteiger partial charge in [-0.1, -0.05) is 0 Å². The first kappa shape index (κ1) is 21.9. The Morgan fingerprint density at radius 1 is 1.11 bits per heavy atom. The van der Waals surface area contributed by atoms with Crippen molar-refractivity contribution in [1.29, 1.82) is 0 Å². The number of hydrogen-bond donors (Lipinski definition) is 0. The third-order valence-electron chi connectivity index (χ3n) is 4.15. The zero-order chi connectivity index (χ0) is 19.2. The van der Waals surface area contributed by atoms with Crippen molar-refractivity contribution in [2.24, 2.45) is 0 Å². The first-order chi connectivity index (χ1) is 13.0. The van der Waals surface area contributed by atoms with E-state index in [0.29, 0.717) is 23.3 Å². The number of carboxylic acids is 1. The SMILES string of the molecule is Cc1cc(C(=O)c2ccc(-n3ccnc3)cc2)ccc1OCCCC(=O)[O-].[Na+]. The average Bonchev–Trinajstić information content (AvgIpc) is 3.20. The van der Waals surface area contributed by atoms with Crippen molar-refractivity contribution >= 4 is 11.8 Å². The van der Waals surface area contributed by atoms with Crippen LogP contribution < -0.4 is 39.4 Å². The fourth-order valence-electron chi connectivity index (χ4n) is 2.71. The number of hydrogen-bond acceptors (Lipinski definition) is 5. The van der Waals surface area contributed by atoms with Crippen molar-refractivity contribution in [2.75, 3.05) is 6.61 Å². The molecule has 0 N–H and O–H groups in total. The van der Waals surface area contributed by atoms with Gasteiger partial charge in [0.1, 0.15) is 5.75 Å². The molecule has 0 fully saturated rings. The third-order valence-corrected chi connectivity index (χ3v) is 4.15. The van der Waals surface area contributed by atoms with E-state index in [-0.39, 0.29) is 48.4 Å². The van der Waals surface area contributed by atoms with Gasteiger partial charge in [0.15, 0.2) is 5.78 Å². The molecule has 1 heterocycles. The molecule has 0 unspecified atom stereocenters. The second kappa shape index (κ2) is 10.2. The van der Waals surface area contributed by atoms with Crippen LogP contribution in [0.5, 0.6) is 5.75 Å². The molecule has 1 aromatic heterocycles. The molecule has 6 nitrogen and oxygen atoms in total. The molecule has 0 aliphatic carbocycles. The van der Waals surface area contributed by atoms with Crippen molar-refractivity contribution in [2.45, 2.75) is 19.8 Å². The van der Waals surface area contributed by atoms with Crippen LogP contribution in [0.1, 0.15) is 34.3 Å². The fourth-order valence-corrected chi connectivity index (χ4v) is 2.71. The van der Waals surface area contributed by atoms with Crippen LogP contribution in [0.2, 0.25) is 0 Å². The number of aryl methyl sites for hydroxylation is 1. The monoisotopic (exact) mass is 386 g/mol. The summed E-state index contributed by atoms with van der Waals surface area (Å²) < 4.78 is 7.44. The molecule has 0 bridgehead atoms. The van der Waals surface area contributed by atoms with Gasteiger partial charge in [-0.25, -0.2) is 4.98 Å². The second-order valence-corrected chi connectivity index (χ2v) is 6.15. The molecule has 0 aliphatic rings. The molecule has 2 aromatic carbocycles. The van der Waals surface area contributed by atoms with Gasteiger partial charge in [0.2, 0.25) is 0 Å². The topological polar surface area (TPSA) is 84.2 Å². The van der Waals surface area contributed by atoms with E-state index in [9.17, 15) is 14.7 Å². The number of carbonyl (C=O) groups excluding carboxylic acids is 2. The Kier molecular flexibility index (Phi) is 7.99. The van der Waals surface area contributed by atoms with E-state index in [2.05, 4.69) is 4.98 Å². The predicted octanol–water partition coefficient (Wildman–Crippen LogP) is -0.675. The number of aliphatic carboxylic acids is 1. The van der Waals surface area contributed by atoms with Gasteiger partial charge in [-0.3, -0.25) is 4.79 Å². The Morgan fingerprint density at radius 2 is 1.82 bits per heavy atom. The molecular formula is C21H19N2NaO4. The Bertz CT molecular complexity index is 938. The Labute approximate surface area is 185 Å². The smallest absolute Gasteiger partial charge is 0.550 e. The van der Waals surface area contributed by atoms with Crippen LogP contribution in [0.15, 0.2) is 61.2 Å². The molecule has 0 radical (unpaired) electrons. The molecule has 28 heavy (non-hydrogen) atoms. The minimum Gasteiger partial charge on any atom is -0.550 e. The molecule has 0 aliphatic heterocycles. The number of benzene rings is 2. The van der Waals surface area contributed by atoms with Gasteiger partial charge in [0.05, 0.1) is 12.9 Å². The van der Waals surface area contributed by atoms with Crippen LogP contribution in [-0.4, -0.2) is 27.9 Å². The number of imidazole rings is 1. The van der Waals surface area contributed by atoms with Crippen LogP contribution >= 0.6 is 0 Å². The molecule has 0 amide bonds. The Balaban J connectivity index is 0.00000280. The van der Waals surface area contributed by atoms with Crippen molar-refractivity contribution < 1.29 is 49.0 Å². The summed E-state index contributed by atoms with van der Waals surface area (Å²) in [4.78, 5) is 27.1. The summed E-state index contributed by atoms with van der Waals surface area (Å²) in [7, 11) is 0. The summed E-state index contributed by atoms with van der Waals surface area (Å²) >= 11 is 0. The fraction of sp³-hybridized carbons (Fsp3) is 0.190. The molecule has 3 rings (SSSR count). The standard InChI is InChI=1S/C21H20N2O4.Na/c1-15-13-17(6-9-19(15)27-12-2-3-20(24)25)21(26)16-4-7-18(8-5-16)23-11-10-22-14-23;/h4-11,13-14H,2-3,12H2,1H3,(H,24,25);/q;+1/p-1. The molecular weight excluding hydrogens is 367 g/mol. The maximum Gasteiger partial charge on any atom is 1.00 e. The van der Waals surface area contributed by atoms with Gasteiger partial charge in [-0.05, 0) is 67.8 Å². The summed E-state index contributed by atoms with van der Waals surface area (Å²) in [6.45, 7) is 2.14. The number of aromatic nitrogens is 2. The van der Waals surface area contributed by atoms with Crippen LogP contribution in [0, 0.1) is 6.92 Å². The van der Waals surface area contributed by atoms with Gasteiger partial charge in [-0.2, -0.15) is 0 Å². The summed E-state index contributed by atoms with van der Waals surface area (Å²) in [5.74, 6) is -0.519. The van der Waals surface area contributed by atoms with E-state index < -0.39 is 5.97 Å². The van der Waals surface area contributed by atoms with Gasteiger partial charge >= 0.3 is 29.6 Å². The van der Waals surface area contributed by atoms with Gasteiger partial charge < -0.3 is 19.2 Å². The number of nitrogens with zero attached hydrogens (tertiary/aromatic N) is 2. The summed E-state index contributed by atoms with van der Waals surface area (Å²) in [6, 6.07) is 12.6. The van der Waals surface area contributed by atoms with E-state index in [0.717, 1.165) is 11.3 Å². The quantitative estimate of drug-likeness (QED) is 0.291. The molecule has 0 saturated carbocycles. The Morgan fingerprint density at radius 3 is 2.43 bits per heavy atom. The van der Waals surface area contributed by atoms with Crippen molar-refractivity contribution in [3.05, 3.63) is 77.9 Å². The van der Waals surface area contributed by atoms with Crippen molar-refractivity contribution in [1.82, 2.24) is 9.55 Å². The summed E-state index contributed by atoms with van der Waals surface area (Å²) in [5, 5.41) is 10.4. The molecule has 3 aromatic rings. The number of rotatable bonds is 8. The predicted molar refractivity (Wildman–Crippen MR) is 97.9 cm³/mol. The molecule has 0 atom stereocenters. The van der Waals surface area contributed by atoms with E-state index in [1.807, 2.05) is 29.8 Å².